The molecule has 2 heteroatoms. The molecule has 2 aliphatic rings. The lowest BCUT2D eigenvalue weighted by Crippen LogP contribution is -1.91. The van der Waals surface area contributed by atoms with Gasteiger partial charge in [0, 0.05) is 11.1 Å². The first-order chi connectivity index (χ1) is 19.7. The predicted octanol–water partition coefficient (Wildman–Crippen LogP) is 9.24. The standard InChI is InChI=1S/C38H26O2/c39-37-17-15-23(19-35(37)31-13-5-11-29-27-9-3-1-7-25(27)21-33(29)31)24-16-18-38(40)36(20-24)32-14-6-12-30-28-10-4-2-8-26(28)22-34(30)32/h1-20,39-40H,21-22H2. The molecule has 0 aliphatic heterocycles. The van der Waals surface area contributed by atoms with Crippen LogP contribution in [0.3, 0.4) is 0 Å². The molecule has 0 aromatic heterocycles. The molecule has 0 atom stereocenters. The number of phenolic OH excluding ortho intramolecular Hbond substituents is 2. The Kier molecular flexibility index (Phi) is 4.99. The quantitative estimate of drug-likeness (QED) is 0.247. The van der Waals surface area contributed by atoms with E-state index in [1.165, 1.54) is 44.5 Å². The molecule has 2 aliphatic carbocycles. The van der Waals surface area contributed by atoms with Gasteiger partial charge in [-0.2, -0.15) is 0 Å². The number of rotatable bonds is 3. The van der Waals surface area contributed by atoms with Crippen LogP contribution in [0.1, 0.15) is 22.3 Å². The van der Waals surface area contributed by atoms with Crippen LogP contribution in [0.5, 0.6) is 11.5 Å². The number of hydrogen-bond acceptors (Lipinski definition) is 2. The second-order valence-corrected chi connectivity index (χ2v) is 10.8. The molecule has 0 spiro atoms. The Bertz CT molecular complexity index is 1840. The van der Waals surface area contributed by atoms with Crippen molar-refractivity contribution in [2.24, 2.45) is 0 Å². The van der Waals surface area contributed by atoms with Crippen LogP contribution in [-0.4, -0.2) is 10.2 Å². The van der Waals surface area contributed by atoms with Crippen LogP contribution < -0.4 is 0 Å². The van der Waals surface area contributed by atoms with Gasteiger partial charge in [-0.05, 0) is 104 Å². The maximum atomic E-state index is 11.0. The Morgan fingerprint density at radius 2 is 0.725 bits per heavy atom. The third kappa shape index (κ3) is 3.43. The van der Waals surface area contributed by atoms with E-state index >= 15 is 0 Å². The van der Waals surface area contributed by atoms with E-state index in [1.807, 2.05) is 12.1 Å². The van der Waals surface area contributed by atoms with E-state index in [9.17, 15) is 10.2 Å². The lowest BCUT2D eigenvalue weighted by Gasteiger charge is -2.15. The van der Waals surface area contributed by atoms with E-state index < -0.39 is 0 Å². The average molecular weight is 515 g/mol. The first kappa shape index (κ1) is 22.9. The highest BCUT2D eigenvalue weighted by atomic mass is 16.3. The Balaban J connectivity index is 1.23. The summed E-state index contributed by atoms with van der Waals surface area (Å²) in [4.78, 5) is 0. The molecule has 0 unspecified atom stereocenters. The first-order valence-electron chi connectivity index (χ1n) is 13.7. The minimum Gasteiger partial charge on any atom is -0.507 e. The Morgan fingerprint density at radius 1 is 0.350 bits per heavy atom. The molecule has 190 valence electrons. The monoisotopic (exact) mass is 514 g/mol. The van der Waals surface area contributed by atoms with E-state index in [1.54, 1.807) is 12.1 Å². The molecule has 0 fully saturated rings. The molecule has 0 heterocycles. The van der Waals surface area contributed by atoms with Gasteiger partial charge in [-0.25, -0.2) is 0 Å². The van der Waals surface area contributed by atoms with Crippen LogP contribution in [-0.2, 0) is 12.8 Å². The average Bonchev–Trinajstić information content (AvgIpc) is 3.57. The molecular weight excluding hydrogens is 488 g/mol. The van der Waals surface area contributed by atoms with Crippen LogP contribution >= 0.6 is 0 Å². The van der Waals surface area contributed by atoms with Crippen molar-refractivity contribution in [1.29, 1.82) is 0 Å². The van der Waals surface area contributed by atoms with Gasteiger partial charge in [0.15, 0.2) is 0 Å². The lowest BCUT2D eigenvalue weighted by molar-refractivity contribution is 0.476. The van der Waals surface area contributed by atoms with Crippen LogP contribution in [0.2, 0.25) is 0 Å². The van der Waals surface area contributed by atoms with Crippen LogP contribution in [0, 0.1) is 0 Å². The molecule has 0 radical (unpaired) electrons. The maximum absolute atomic E-state index is 11.0. The Morgan fingerprint density at radius 3 is 1.18 bits per heavy atom. The summed E-state index contributed by atoms with van der Waals surface area (Å²) in [6.07, 6.45) is 1.71. The summed E-state index contributed by atoms with van der Waals surface area (Å²) in [5, 5.41) is 22.0. The molecule has 40 heavy (non-hydrogen) atoms. The topological polar surface area (TPSA) is 40.5 Å². The van der Waals surface area contributed by atoms with E-state index in [0.29, 0.717) is 0 Å². The second kappa shape index (κ2) is 8.72. The number of fused-ring (bicyclic) bond motifs is 6. The molecule has 0 bridgehead atoms. The van der Waals surface area contributed by atoms with Crippen LogP contribution in [0.15, 0.2) is 121 Å². The normalized spacial score (nSPS) is 12.5. The second-order valence-electron chi connectivity index (χ2n) is 10.8. The first-order valence-corrected chi connectivity index (χ1v) is 13.7. The fourth-order valence-electron chi connectivity index (χ4n) is 6.68. The van der Waals surface area contributed by atoms with Gasteiger partial charge >= 0.3 is 0 Å². The highest BCUT2D eigenvalue weighted by molar-refractivity contribution is 5.90. The molecule has 0 saturated heterocycles. The van der Waals surface area contributed by atoms with E-state index in [2.05, 4.69) is 97.1 Å². The fourth-order valence-corrected chi connectivity index (χ4v) is 6.68. The van der Waals surface area contributed by atoms with Crippen molar-refractivity contribution in [2.45, 2.75) is 12.8 Å². The zero-order valence-electron chi connectivity index (χ0n) is 21.9. The van der Waals surface area contributed by atoms with E-state index in [-0.39, 0.29) is 11.5 Å². The highest BCUT2D eigenvalue weighted by Crippen LogP contribution is 2.46. The third-order valence-corrected chi connectivity index (χ3v) is 8.61. The molecule has 6 aromatic carbocycles. The van der Waals surface area contributed by atoms with Crippen molar-refractivity contribution in [1.82, 2.24) is 0 Å². The molecule has 0 amide bonds. The zero-order chi connectivity index (χ0) is 26.8. The summed E-state index contributed by atoms with van der Waals surface area (Å²) in [6.45, 7) is 0. The van der Waals surface area contributed by atoms with Gasteiger partial charge in [0.2, 0.25) is 0 Å². The number of aromatic hydroxyl groups is 2. The van der Waals surface area contributed by atoms with Gasteiger partial charge in [0.1, 0.15) is 11.5 Å². The largest absolute Gasteiger partial charge is 0.507 e. The minimum absolute atomic E-state index is 0.269. The van der Waals surface area contributed by atoms with Crippen molar-refractivity contribution >= 4 is 0 Å². The summed E-state index contributed by atoms with van der Waals surface area (Å²) in [7, 11) is 0. The molecule has 0 saturated carbocycles. The molecule has 8 rings (SSSR count). The highest BCUT2D eigenvalue weighted by Gasteiger charge is 2.24. The number of phenols is 2. The number of benzene rings is 6. The third-order valence-electron chi connectivity index (χ3n) is 8.61. The Hall–Kier alpha value is -5.08. The van der Waals surface area contributed by atoms with Crippen molar-refractivity contribution in [3.63, 3.8) is 0 Å². The molecular formula is C38H26O2. The minimum atomic E-state index is 0.269. The zero-order valence-corrected chi connectivity index (χ0v) is 21.9. The molecule has 2 N–H and O–H groups in total. The van der Waals surface area contributed by atoms with Crippen molar-refractivity contribution in [2.75, 3.05) is 0 Å². The van der Waals surface area contributed by atoms with Crippen LogP contribution in [0.4, 0.5) is 0 Å². The van der Waals surface area contributed by atoms with E-state index in [0.717, 1.165) is 46.2 Å². The van der Waals surface area contributed by atoms with Gasteiger partial charge in [0.25, 0.3) is 0 Å². The van der Waals surface area contributed by atoms with Gasteiger partial charge in [-0.15, -0.1) is 0 Å². The summed E-state index contributed by atoms with van der Waals surface area (Å²) in [5.74, 6) is 0.538. The van der Waals surface area contributed by atoms with Crippen LogP contribution in [0.25, 0.3) is 55.6 Å². The maximum Gasteiger partial charge on any atom is 0.123 e. The van der Waals surface area contributed by atoms with Crippen molar-refractivity contribution < 1.29 is 10.2 Å². The van der Waals surface area contributed by atoms with Crippen molar-refractivity contribution in [3.05, 3.63) is 144 Å². The van der Waals surface area contributed by atoms with Gasteiger partial charge in [-0.3, -0.25) is 0 Å². The summed E-state index contributed by atoms with van der Waals surface area (Å²) in [5.41, 5.74) is 15.9. The van der Waals surface area contributed by atoms with Gasteiger partial charge < -0.3 is 10.2 Å². The molecule has 6 aromatic rings. The molecule has 2 nitrogen and oxygen atoms in total. The Labute approximate surface area is 233 Å². The van der Waals surface area contributed by atoms with Gasteiger partial charge in [-0.1, -0.05) is 97.1 Å². The van der Waals surface area contributed by atoms with Gasteiger partial charge in [0.05, 0.1) is 0 Å². The predicted molar refractivity (Wildman–Crippen MR) is 163 cm³/mol. The fraction of sp³-hybridized carbons (Fsp3) is 0.0526. The summed E-state index contributed by atoms with van der Waals surface area (Å²) in [6, 6.07) is 41.4. The van der Waals surface area contributed by atoms with E-state index in [4.69, 9.17) is 0 Å². The summed E-state index contributed by atoms with van der Waals surface area (Å²) >= 11 is 0. The summed E-state index contributed by atoms with van der Waals surface area (Å²) < 4.78 is 0. The lowest BCUT2D eigenvalue weighted by atomic mass is 9.90. The van der Waals surface area contributed by atoms with Crippen molar-refractivity contribution in [3.8, 4) is 67.1 Å². The SMILES string of the molecule is Oc1ccc(-c2ccc(O)c(-c3cccc4c3Cc3ccccc3-4)c2)cc1-c1cccc2c1Cc1ccccc1-2. The smallest absolute Gasteiger partial charge is 0.123 e. The number of hydrogen-bond donors (Lipinski definition) is 2.